The predicted octanol–water partition coefficient (Wildman–Crippen LogP) is 1.59. The molecule has 3 aliphatic rings. The predicted molar refractivity (Wildman–Crippen MR) is 77.6 cm³/mol. The quantitative estimate of drug-likeness (QED) is 0.910. The highest BCUT2D eigenvalue weighted by Gasteiger charge is 2.44. The first-order chi connectivity index (χ1) is 10.2. The maximum absolute atomic E-state index is 11.6. The van der Waals surface area contributed by atoms with Gasteiger partial charge in [-0.2, -0.15) is 4.37 Å². The summed E-state index contributed by atoms with van der Waals surface area (Å²) < 4.78 is 9.88. The van der Waals surface area contributed by atoms with E-state index in [0.717, 1.165) is 30.5 Å². The van der Waals surface area contributed by atoms with Gasteiger partial charge in [0.05, 0.1) is 5.92 Å². The molecule has 21 heavy (non-hydrogen) atoms. The van der Waals surface area contributed by atoms with E-state index in [1.54, 1.807) is 0 Å². The van der Waals surface area contributed by atoms with Gasteiger partial charge in [0.15, 0.2) is 0 Å². The largest absolute Gasteiger partial charge is 0.481 e. The van der Waals surface area contributed by atoms with Gasteiger partial charge in [-0.3, -0.25) is 4.79 Å². The fraction of sp³-hybridized carbons (Fsp3) is 0.786. The summed E-state index contributed by atoms with van der Waals surface area (Å²) in [7, 11) is 0. The number of hydrogen-bond acceptors (Lipinski definition) is 6. The number of anilines is 1. The maximum atomic E-state index is 11.6. The fourth-order valence-corrected chi connectivity index (χ4v) is 4.24. The first kappa shape index (κ1) is 13.5. The first-order valence-corrected chi connectivity index (χ1v) is 8.39. The molecule has 4 rings (SSSR count). The van der Waals surface area contributed by atoms with Crippen LogP contribution in [0, 0.1) is 17.8 Å². The summed E-state index contributed by atoms with van der Waals surface area (Å²) in [6.45, 7) is 2.78. The van der Waals surface area contributed by atoms with Crippen molar-refractivity contribution in [2.45, 2.75) is 25.2 Å². The van der Waals surface area contributed by atoms with Crippen LogP contribution in [0.25, 0.3) is 0 Å². The van der Waals surface area contributed by atoms with Crippen LogP contribution >= 0.6 is 11.5 Å². The summed E-state index contributed by atoms with van der Waals surface area (Å²) in [5.41, 5.74) is 0. The lowest BCUT2D eigenvalue weighted by Gasteiger charge is -2.20. The highest BCUT2D eigenvalue weighted by atomic mass is 32.1. The lowest BCUT2D eigenvalue weighted by atomic mass is 9.83. The van der Waals surface area contributed by atoms with Gasteiger partial charge >= 0.3 is 5.97 Å². The summed E-state index contributed by atoms with van der Waals surface area (Å²) in [6.07, 6.45) is 3.36. The number of nitrogens with zero attached hydrogens (tertiary/aromatic N) is 3. The van der Waals surface area contributed by atoms with E-state index < -0.39 is 5.97 Å². The number of rotatable bonds is 4. The first-order valence-electron chi connectivity index (χ1n) is 7.61. The smallest absolute Gasteiger partial charge is 0.308 e. The number of aromatic nitrogens is 2. The Morgan fingerprint density at radius 3 is 2.86 bits per heavy atom. The van der Waals surface area contributed by atoms with Gasteiger partial charge in [0.2, 0.25) is 5.13 Å². The van der Waals surface area contributed by atoms with Crippen LogP contribution in [-0.2, 0) is 9.53 Å². The van der Waals surface area contributed by atoms with E-state index in [-0.39, 0.29) is 11.8 Å². The Bertz CT molecular complexity index is 539. The molecule has 3 heterocycles. The van der Waals surface area contributed by atoms with Gasteiger partial charge in [-0.05, 0) is 31.1 Å². The Morgan fingerprint density at radius 2 is 2.19 bits per heavy atom. The van der Waals surface area contributed by atoms with E-state index >= 15 is 0 Å². The van der Waals surface area contributed by atoms with Gasteiger partial charge < -0.3 is 14.7 Å². The molecule has 2 saturated heterocycles. The highest BCUT2D eigenvalue weighted by molar-refractivity contribution is 7.09. The van der Waals surface area contributed by atoms with Crippen molar-refractivity contribution in [3.05, 3.63) is 5.82 Å². The van der Waals surface area contributed by atoms with Gasteiger partial charge in [-0.25, -0.2) is 4.98 Å². The zero-order valence-corrected chi connectivity index (χ0v) is 12.6. The molecular formula is C14H19N3O3S. The average molecular weight is 309 g/mol. The van der Waals surface area contributed by atoms with Gasteiger partial charge in [0.1, 0.15) is 5.82 Å². The number of carboxylic acids is 1. The SMILES string of the molecule is O=C(O)[C@@H]1CN(c2nc(C3CC3)ns2)C[C@H]1C1CCOC1. The Morgan fingerprint density at radius 1 is 1.33 bits per heavy atom. The molecule has 0 bridgehead atoms. The molecule has 1 aromatic heterocycles. The summed E-state index contributed by atoms with van der Waals surface area (Å²) in [5.74, 6) is 1.03. The molecular weight excluding hydrogens is 290 g/mol. The molecule has 0 radical (unpaired) electrons. The Labute approximate surface area is 127 Å². The Balaban J connectivity index is 1.52. The third-order valence-electron chi connectivity index (χ3n) is 4.90. The van der Waals surface area contributed by atoms with Crippen LogP contribution in [-0.4, -0.2) is 46.7 Å². The standard InChI is InChI=1S/C14H19N3O3S/c18-13(19)11-6-17(5-10(11)9-3-4-20-7-9)14-15-12(16-21-14)8-1-2-8/h8-11H,1-7H2,(H,18,19)/t9?,10-,11+/m0/s1. The minimum Gasteiger partial charge on any atom is -0.481 e. The van der Waals surface area contributed by atoms with Crippen LogP contribution in [0.4, 0.5) is 5.13 Å². The summed E-state index contributed by atoms with van der Waals surface area (Å²) in [5, 5.41) is 10.4. The summed E-state index contributed by atoms with van der Waals surface area (Å²) in [4.78, 5) is 18.3. The van der Waals surface area contributed by atoms with Crippen LogP contribution in [0.15, 0.2) is 0 Å². The number of aliphatic carboxylic acids is 1. The minimum absolute atomic E-state index is 0.165. The lowest BCUT2D eigenvalue weighted by molar-refractivity contribution is -0.142. The molecule has 0 spiro atoms. The Hall–Kier alpha value is -1.21. The molecule has 1 aliphatic carbocycles. The van der Waals surface area contributed by atoms with E-state index in [9.17, 15) is 9.90 Å². The molecule has 114 valence electrons. The van der Waals surface area contributed by atoms with E-state index in [1.807, 2.05) is 0 Å². The van der Waals surface area contributed by atoms with E-state index in [0.29, 0.717) is 25.0 Å². The number of hydrogen-bond donors (Lipinski definition) is 1. The monoisotopic (exact) mass is 309 g/mol. The van der Waals surface area contributed by atoms with Gasteiger partial charge in [0.25, 0.3) is 0 Å². The van der Waals surface area contributed by atoms with Gasteiger partial charge in [-0.1, -0.05) is 0 Å². The molecule has 3 fully saturated rings. The molecule has 1 N–H and O–H groups in total. The van der Waals surface area contributed by atoms with E-state index in [4.69, 9.17) is 4.74 Å². The van der Waals surface area contributed by atoms with Crippen LogP contribution in [0.1, 0.15) is 31.0 Å². The molecule has 1 aromatic rings. The average Bonchev–Trinajstić information content (AvgIpc) is 2.95. The van der Waals surface area contributed by atoms with E-state index in [1.165, 1.54) is 24.4 Å². The third kappa shape index (κ3) is 2.53. The summed E-state index contributed by atoms with van der Waals surface area (Å²) >= 11 is 1.41. The lowest BCUT2D eigenvalue weighted by Crippen LogP contribution is -2.28. The zero-order chi connectivity index (χ0) is 14.4. The molecule has 6 nitrogen and oxygen atoms in total. The van der Waals surface area contributed by atoms with Crippen LogP contribution < -0.4 is 4.90 Å². The second-order valence-corrected chi connectivity index (χ2v) is 7.08. The molecule has 1 saturated carbocycles. The van der Waals surface area contributed by atoms with Crippen molar-refractivity contribution in [1.82, 2.24) is 9.36 Å². The maximum Gasteiger partial charge on any atom is 0.308 e. The third-order valence-corrected chi connectivity index (χ3v) is 5.69. The molecule has 7 heteroatoms. The topological polar surface area (TPSA) is 75.5 Å². The molecule has 2 aliphatic heterocycles. The van der Waals surface area contributed by atoms with Gasteiger partial charge in [-0.15, -0.1) is 0 Å². The number of carbonyl (C=O) groups is 1. The molecule has 0 amide bonds. The number of ether oxygens (including phenoxy) is 1. The van der Waals surface area contributed by atoms with Crippen molar-refractivity contribution in [3.63, 3.8) is 0 Å². The highest BCUT2D eigenvalue weighted by Crippen LogP contribution is 2.41. The van der Waals surface area contributed by atoms with Crippen molar-refractivity contribution >= 4 is 22.6 Å². The summed E-state index contributed by atoms with van der Waals surface area (Å²) in [6, 6.07) is 0. The number of carboxylic acid groups (broad SMARTS) is 1. The zero-order valence-electron chi connectivity index (χ0n) is 11.8. The van der Waals surface area contributed by atoms with Crippen molar-refractivity contribution < 1.29 is 14.6 Å². The van der Waals surface area contributed by atoms with Crippen molar-refractivity contribution in [1.29, 1.82) is 0 Å². The van der Waals surface area contributed by atoms with Crippen molar-refractivity contribution in [2.75, 3.05) is 31.2 Å². The minimum atomic E-state index is -0.693. The molecule has 1 unspecified atom stereocenters. The van der Waals surface area contributed by atoms with Crippen molar-refractivity contribution in [2.24, 2.45) is 17.8 Å². The second kappa shape index (κ2) is 5.21. The van der Waals surface area contributed by atoms with E-state index in [2.05, 4.69) is 14.3 Å². The molecule has 0 aromatic carbocycles. The van der Waals surface area contributed by atoms with Crippen LogP contribution in [0.2, 0.25) is 0 Å². The second-order valence-electron chi connectivity index (χ2n) is 6.35. The van der Waals surface area contributed by atoms with Gasteiger partial charge in [0, 0.05) is 43.8 Å². The van der Waals surface area contributed by atoms with Crippen LogP contribution in [0.3, 0.4) is 0 Å². The molecule has 3 atom stereocenters. The normalized spacial score (nSPS) is 32.8. The Kier molecular flexibility index (Phi) is 3.34. The fourth-order valence-electron chi connectivity index (χ4n) is 3.48. The van der Waals surface area contributed by atoms with Crippen molar-refractivity contribution in [3.8, 4) is 0 Å². The van der Waals surface area contributed by atoms with Crippen LogP contribution in [0.5, 0.6) is 0 Å².